The average Bonchev–Trinajstić information content (AvgIpc) is 3.92. The van der Waals surface area contributed by atoms with Crippen molar-refractivity contribution in [3.63, 3.8) is 0 Å². The fourth-order valence-electron chi connectivity index (χ4n) is 8.46. The number of benzene rings is 6. The molecule has 0 N–H and O–H groups in total. The Hall–Kier alpha value is -4.37. The maximum Gasteiger partial charge on any atom is 0.0920 e. The maximum atomic E-state index is 3.31. The fraction of sp³-hybridized carbons (Fsp3) is 0.250. The SMILES string of the molecule is CC(C)Cc1cc2c(-c3ccccc3C(C)C)cccc2[cH-]1.CC(C)Cc1cc2c(-c3ccccc3C(C)C)cccc2[cH-]1.[Hf].[c-]1cccc2c1[Si]c1ccccc1-2. The standard InChI is InChI=1S/2C22H25.C12H7Si.Hf/c2*1-15(2)12-17-13-18-8-7-11-21(22(18)14-17)20-10-6-5-9-19(20)16(3)4;1-3-7-11-9(5-1)10-6-2-4-8-12(10)13-11;/h2*5-11,13-16H,12H2,1-4H3;1-7H;/q3*-1;. The number of rotatable bonds is 8. The summed E-state index contributed by atoms with van der Waals surface area (Å²) in [5.41, 5.74) is 14.1. The third-order valence-electron chi connectivity index (χ3n) is 11.0. The van der Waals surface area contributed by atoms with Crippen molar-refractivity contribution in [2.24, 2.45) is 11.8 Å². The summed E-state index contributed by atoms with van der Waals surface area (Å²) in [6.07, 6.45) is 2.31. The van der Waals surface area contributed by atoms with E-state index in [1.54, 1.807) is 0 Å². The molecule has 0 aromatic heterocycles. The van der Waals surface area contributed by atoms with Crippen LogP contribution in [0.2, 0.25) is 0 Å². The van der Waals surface area contributed by atoms with Gasteiger partial charge in [0.1, 0.15) is 0 Å². The molecular formula is C56H57HfSi-3. The Morgan fingerprint density at radius 3 is 1.38 bits per heavy atom. The van der Waals surface area contributed by atoms with Crippen LogP contribution in [0, 0.1) is 17.9 Å². The molecule has 1 aliphatic rings. The molecule has 0 aliphatic carbocycles. The van der Waals surface area contributed by atoms with Gasteiger partial charge in [0.15, 0.2) is 0 Å². The van der Waals surface area contributed by atoms with Gasteiger partial charge < -0.3 is 0 Å². The molecule has 8 aromatic rings. The van der Waals surface area contributed by atoms with Gasteiger partial charge in [-0.1, -0.05) is 162 Å². The zero-order chi connectivity index (χ0) is 40.1. The minimum atomic E-state index is 0. The van der Waals surface area contributed by atoms with Gasteiger partial charge in [-0.2, -0.15) is 41.6 Å². The molecule has 1 aliphatic heterocycles. The van der Waals surface area contributed by atoms with Crippen molar-refractivity contribution in [2.75, 3.05) is 0 Å². The number of hydrogen-bond donors (Lipinski definition) is 0. The zero-order valence-corrected chi connectivity index (χ0v) is 40.3. The van der Waals surface area contributed by atoms with Gasteiger partial charge in [-0.15, -0.1) is 74.6 Å². The number of fused-ring (bicyclic) bond motifs is 5. The predicted molar refractivity (Wildman–Crippen MR) is 251 cm³/mol. The van der Waals surface area contributed by atoms with E-state index in [9.17, 15) is 0 Å². The molecule has 9 rings (SSSR count). The van der Waals surface area contributed by atoms with Gasteiger partial charge >= 0.3 is 0 Å². The Balaban J connectivity index is 0.000000150. The van der Waals surface area contributed by atoms with Gasteiger partial charge in [-0.25, -0.2) is 0 Å². The Labute approximate surface area is 370 Å². The molecule has 0 atom stereocenters. The second-order valence-corrected chi connectivity index (χ2v) is 18.4. The molecule has 0 unspecified atom stereocenters. The third kappa shape index (κ3) is 9.90. The molecule has 2 heteroatoms. The molecule has 0 saturated carbocycles. The molecule has 2 radical (unpaired) electrons. The van der Waals surface area contributed by atoms with Crippen molar-refractivity contribution in [3.05, 3.63) is 180 Å². The quantitative estimate of drug-likeness (QED) is 0.105. The molecule has 0 amide bonds. The smallest absolute Gasteiger partial charge is 0.0920 e. The average molecular weight is 937 g/mol. The van der Waals surface area contributed by atoms with Crippen molar-refractivity contribution in [3.8, 4) is 33.4 Å². The van der Waals surface area contributed by atoms with Gasteiger partial charge in [0.2, 0.25) is 0 Å². The normalized spacial score (nSPS) is 11.7. The molecule has 0 bridgehead atoms. The van der Waals surface area contributed by atoms with Gasteiger partial charge in [-0.05, 0) is 58.8 Å². The first-order valence-corrected chi connectivity index (χ1v) is 22.0. The van der Waals surface area contributed by atoms with Crippen LogP contribution in [0.5, 0.6) is 0 Å². The summed E-state index contributed by atoms with van der Waals surface area (Å²) in [5.74, 6) is 2.47. The molecule has 8 aromatic carbocycles. The fourth-order valence-corrected chi connectivity index (χ4v) is 9.77. The Morgan fingerprint density at radius 1 is 0.466 bits per heavy atom. The van der Waals surface area contributed by atoms with Crippen LogP contribution in [-0.2, 0) is 38.7 Å². The Morgan fingerprint density at radius 2 is 0.897 bits per heavy atom. The summed E-state index contributed by atoms with van der Waals surface area (Å²) in [6, 6.07) is 58.7. The molecule has 58 heavy (non-hydrogen) atoms. The largest absolute Gasteiger partial charge is 0.184 e. The molecule has 0 saturated heterocycles. The number of hydrogen-bond acceptors (Lipinski definition) is 0. The predicted octanol–water partition coefficient (Wildman–Crippen LogP) is 14.2. The first-order chi connectivity index (χ1) is 27.6. The molecular weight excluding hydrogens is 879 g/mol. The van der Waals surface area contributed by atoms with E-state index in [0.29, 0.717) is 23.7 Å². The van der Waals surface area contributed by atoms with Crippen LogP contribution in [0.3, 0.4) is 0 Å². The van der Waals surface area contributed by atoms with E-state index in [1.165, 1.54) is 87.6 Å². The van der Waals surface area contributed by atoms with Gasteiger partial charge in [0.25, 0.3) is 0 Å². The molecule has 292 valence electrons. The van der Waals surface area contributed by atoms with E-state index in [1.807, 2.05) is 6.07 Å². The zero-order valence-electron chi connectivity index (χ0n) is 35.7. The van der Waals surface area contributed by atoms with Crippen LogP contribution in [0.15, 0.2) is 152 Å². The van der Waals surface area contributed by atoms with Crippen molar-refractivity contribution in [1.82, 2.24) is 0 Å². The van der Waals surface area contributed by atoms with Crippen LogP contribution < -0.4 is 10.4 Å². The van der Waals surface area contributed by atoms with Gasteiger partial charge in [0, 0.05) is 25.8 Å². The van der Waals surface area contributed by atoms with Crippen LogP contribution in [0.4, 0.5) is 0 Å². The second kappa shape index (κ2) is 19.6. The van der Waals surface area contributed by atoms with Crippen molar-refractivity contribution in [2.45, 2.75) is 80.1 Å². The summed E-state index contributed by atoms with van der Waals surface area (Å²) in [7, 11) is 0.795. The summed E-state index contributed by atoms with van der Waals surface area (Å²) >= 11 is 0. The molecule has 0 spiro atoms. The van der Waals surface area contributed by atoms with E-state index >= 15 is 0 Å². The minimum Gasteiger partial charge on any atom is -0.184 e. The topological polar surface area (TPSA) is 0 Å². The van der Waals surface area contributed by atoms with E-state index in [0.717, 1.165) is 22.4 Å². The molecule has 0 nitrogen and oxygen atoms in total. The van der Waals surface area contributed by atoms with Crippen LogP contribution in [-0.4, -0.2) is 9.52 Å². The van der Waals surface area contributed by atoms with Gasteiger partial charge in [0.05, 0.1) is 9.52 Å². The maximum absolute atomic E-state index is 3.31. The van der Waals surface area contributed by atoms with Crippen molar-refractivity contribution < 1.29 is 25.8 Å². The summed E-state index contributed by atoms with van der Waals surface area (Å²) in [5, 5.41) is 8.35. The van der Waals surface area contributed by atoms with Crippen LogP contribution >= 0.6 is 0 Å². The summed E-state index contributed by atoms with van der Waals surface area (Å²) < 4.78 is 0. The van der Waals surface area contributed by atoms with Gasteiger partial charge in [-0.3, -0.25) is 0 Å². The Bertz CT molecular complexity index is 2400. The minimum absolute atomic E-state index is 0. The second-order valence-electron chi connectivity index (χ2n) is 17.2. The van der Waals surface area contributed by atoms with Crippen molar-refractivity contribution in [1.29, 1.82) is 0 Å². The molecule has 0 fully saturated rings. The summed E-state index contributed by atoms with van der Waals surface area (Å²) in [4.78, 5) is 0. The first kappa shape index (κ1) is 43.2. The van der Waals surface area contributed by atoms with E-state index in [2.05, 4.69) is 207 Å². The monoisotopic (exact) mass is 937 g/mol. The molecule has 1 heterocycles. The van der Waals surface area contributed by atoms with E-state index < -0.39 is 0 Å². The van der Waals surface area contributed by atoms with E-state index in [-0.39, 0.29) is 25.8 Å². The van der Waals surface area contributed by atoms with E-state index in [4.69, 9.17) is 0 Å². The summed E-state index contributed by atoms with van der Waals surface area (Å²) in [6.45, 7) is 18.2. The first-order valence-electron chi connectivity index (χ1n) is 21.0. The Kier molecular flexibility index (Phi) is 14.6. The van der Waals surface area contributed by atoms with Crippen molar-refractivity contribution >= 4 is 41.4 Å². The van der Waals surface area contributed by atoms with Crippen LogP contribution in [0.1, 0.15) is 89.5 Å². The third-order valence-corrected chi connectivity index (χ3v) is 12.4. The van der Waals surface area contributed by atoms with Crippen LogP contribution in [0.25, 0.3) is 54.9 Å².